The molecule has 0 aromatic heterocycles. The van der Waals surface area contributed by atoms with Crippen molar-refractivity contribution in [2.75, 3.05) is 11.9 Å². The van der Waals surface area contributed by atoms with Gasteiger partial charge >= 0.3 is 0 Å². The monoisotopic (exact) mass is 366 g/mol. The van der Waals surface area contributed by atoms with E-state index >= 15 is 0 Å². The van der Waals surface area contributed by atoms with E-state index in [9.17, 15) is 19.2 Å². The van der Waals surface area contributed by atoms with Crippen LogP contribution in [-0.4, -0.2) is 29.3 Å². The molecular weight excluding hydrogens is 344 g/mol. The van der Waals surface area contributed by atoms with Gasteiger partial charge in [-0.1, -0.05) is 19.1 Å². The van der Waals surface area contributed by atoms with Gasteiger partial charge in [-0.25, -0.2) is 0 Å². The number of hydrogen-bond acceptors (Lipinski definition) is 5. The Kier molecular flexibility index (Phi) is 4.42. The van der Waals surface area contributed by atoms with Crippen LogP contribution in [0.1, 0.15) is 58.9 Å². The standard InChI is InChI=1S/C21H22N2O4/c1-12-6-8-13(9-7-12)22-17-16(18(24)19(17)25)10-11-23-20(26)14-4-2-3-5-15(14)21(23)27/h2-5,12-13,22H,6-11H2,1H3. The van der Waals surface area contributed by atoms with Gasteiger partial charge in [-0.2, -0.15) is 0 Å². The second kappa shape index (κ2) is 6.76. The highest BCUT2D eigenvalue weighted by Gasteiger charge is 2.35. The quantitative estimate of drug-likeness (QED) is 0.647. The van der Waals surface area contributed by atoms with Crippen molar-refractivity contribution in [3.63, 3.8) is 0 Å². The minimum absolute atomic E-state index is 0.105. The maximum atomic E-state index is 12.4. The highest BCUT2D eigenvalue weighted by molar-refractivity contribution is 6.21. The topological polar surface area (TPSA) is 83.6 Å². The van der Waals surface area contributed by atoms with Crippen LogP contribution in [0.15, 0.2) is 33.9 Å². The molecule has 6 heteroatoms. The van der Waals surface area contributed by atoms with E-state index in [1.165, 1.54) is 0 Å². The Hall–Kier alpha value is -2.76. The summed E-state index contributed by atoms with van der Waals surface area (Å²) in [6.45, 7) is 2.33. The lowest BCUT2D eigenvalue weighted by Gasteiger charge is -2.29. The SMILES string of the molecule is CC1CCC(Nc2c(CCN3C(=O)c4ccccc4C3=O)c(=O)c2=O)CC1. The van der Waals surface area contributed by atoms with E-state index in [1.807, 2.05) is 0 Å². The maximum absolute atomic E-state index is 12.4. The molecule has 1 saturated carbocycles. The average Bonchev–Trinajstić information content (AvgIpc) is 2.93. The second-order valence-electron chi connectivity index (χ2n) is 7.67. The summed E-state index contributed by atoms with van der Waals surface area (Å²) >= 11 is 0. The van der Waals surface area contributed by atoms with Gasteiger partial charge in [0.05, 0.1) is 16.8 Å². The molecule has 2 amide bonds. The number of carbonyl (C=O) groups is 2. The minimum Gasteiger partial charge on any atom is -0.379 e. The first-order valence-corrected chi connectivity index (χ1v) is 9.51. The van der Waals surface area contributed by atoms with Crippen molar-refractivity contribution >= 4 is 17.5 Å². The smallest absolute Gasteiger partial charge is 0.261 e. The highest BCUT2D eigenvalue weighted by atomic mass is 16.2. The van der Waals surface area contributed by atoms with E-state index < -0.39 is 10.9 Å². The molecule has 1 N–H and O–H groups in total. The van der Waals surface area contributed by atoms with E-state index in [1.54, 1.807) is 24.3 Å². The molecule has 6 nitrogen and oxygen atoms in total. The van der Waals surface area contributed by atoms with Crippen molar-refractivity contribution in [3.8, 4) is 0 Å². The first kappa shape index (κ1) is 17.6. The summed E-state index contributed by atoms with van der Waals surface area (Å²) in [5.74, 6) is 0.0131. The summed E-state index contributed by atoms with van der Waals surface area (Å²) in [7, 11) is 0. The van der Waals surface area contributed by atoms with Crippen molar-refractivity contribution in [1.82, 2.24) is 4.90 Å². The second-order valence-corrected chi connectivity index (χ2v) is 7.67. The zero-order valence-electron chi connectivity index (χ0n) is 15.3. The van der Waals surface area contributed by atoms with Crippen molar-refractivity contribution in [3.05, 3.63) is 61.4 Å². The Morgan fingerprint density at radius 2 is 1.52 bits per heavy atom. The molecule has 0 bridgehead atoms. The molecule has 1 fully saturated rings. The van der Waals surface area contributed by atoms with E-state index in [2.05, 4.69) is 12.2 Å². The average molecular weight is 366 g/mol. The third kappa shape index (κ3) is 2.99. The van der Waals surface area contributed by atoms with Gasteiger partial charge in [0.1, 0.15) is 0 Å². The van der Waals surface area contributed by atoms with Crippen molar-refractivity contribution < 1.29 is 9.59 Å². The molecule has 27 heavy (non-hydrogen) atoms. The van der Waals surface area contributed by atoms with Gasteiger partial charge in [-0.3, -0.25) is 24.1 Å². The Labute approximate surface area is 156 Å². The van der Waals surface area contributed by atoms with Crippen LogP contribution in [0.3, 0.4) is 0 Å². The number of nitrogens with one attached hydrogen (secondary N) is 1. The third-order valence-electron chi connectivity index (χ3n) is 5.84. The van der Waals surface area contributed by atoms with Crippen molar-refractivity contribution in [2.45, 2.75) is 45.1 Å². The van der Waals surface area contributed by atoms with Crippen LogP contribution >= 0.6 is 0 Å². The van der Waals surface area contributed by atoms with Gasteiger partial charge in [0.15, 0.2) is 0 Å². The van der Waals surface area contributed by atoms with Crippen LogP contribution < -0.4 is 16.2 Å². The lowest BCUT2D eigenvalue weighted by Crippen LogP contribution is -2.43. The maximum Gasteiger partial charge on any atom is 0.261 e. The molecule has 1 heterocycles. The molecule has 0 saturated heterocycles. The predicted octanol–water partition coefficient (Wildman–Crippen LogP) is 2.11. The molecule has 2 aromatic rings. The van der Waals surface area contributed by atoms with Crippen LogP contribution in [-0.2, 0) is 6.42 Å². The van der Waals surface area contributed by atoms with Crippen molar-refractivity contribution in [2.24, 2.45) is 5.92 Å². The number of rotatable bonds is 5. The first-order chi connectivity index (χ1) is 13.0. The van der Waals surface area contributed by atoms with Crippen LogP contribution in [0.2, 0.25) is 0 Å². The summed E-state index contributed by atoms with van der Waals surface area (Å²) in [6.07, 6.45) is 4.39. The van der Waals surface area contributed by atoms with Gasteiger partial charge in [0, 0.05) is 18.2 Å². The van der Waals surface area contributed by atoms with Crippen molar-refractivity contribution in [1.29, 1.82) is 0 Å². The number of hydrogen-bond donors (Lipinski definition) is 1. The van der Waals surface area contributed by atoms with Gasteiger partial charge < -0.3 is 5.32 Å². The molecule has 2 aliphatic rings. The molecule has 140 valence electrons. The fraction of sp³-hybridized carbons (Fsp3) is 0.429. The summed E-state index contributed by atoms with van der Waals surface area (Å²) in [5.41, 5.74) is 0.597. The molecular formula is C21H22N2O4. The molecule has 1 aliphatic heterocycles. The molecule has 0 unspecified atom stereocenters. The Balaban J connectivity index is 1.45. The molecule has 1 aliphatic carbocycles. The number of imide groups is 1. The van der Waals surface area contributed by atoms with Gasteiger partial charge in [-0.05, 0) is 50.2 Å². The minimum atomic E-state index is -0.502. The van der Waals surface area contributed by atoms with Crippen LogP contribution in [0, 0.1) is 5.92 Å². The lowest BCUT2D eigenvalue weighted by molar-refractivity contribution is 0.0656. The van der Waals surface area contributed by atoms with Crippen LogP contribution in [0.5, 0.6) is 0 Å². The fourth-order valence-electron chi connectivity index (χ4n) is 4.10. The molecule has 0 spiro atoms. The number of benzene rings is 1. The van der Waals surface area contributed by atoms with E-state index in [4.69, 9.17) is 0 Å². The number of anilines is 1. The lowest BCUT2D eigenvalue weighted by atomic mass is 9.87. The van der Waals surface area contributed by atoms with Gasteiger partial charge in [-0.15, -0.1) is 0 Å². The molecule has 0 radical (unpaired) electrons. The Morgan fingerprint density at radius 3 is 2.11 bits per heavy atom. The van der Waals surface area contributed by atoms with Crippen LogP contribution in [0.25, 0.3) is 0 Å². The summed E-state index contributed by atoms with van der Waals surface area (Å²) in [6, 6.07) is 6.91. The summed E-state index contributed by atoms with van der Waals surface area (Å²) in [5, 5.41) is 3.24. The summed E-state index contributed by atoms with van der Waals surface area (Å²) < 4.78 is 0. The molecule has 0 atom stereocenters. The normalized spacial score (nSPS) is 22.3. The molecule has 2 aromatic carbocycles. The highest BCUT2D eigenvalue weighted by Crippen LogP contribution is 2.27. The van der Waals surface area contributed by atoms with E-state index in [0.29, 0.717) is 28.3 Å². The van der Waals surface area contributed by atoms with Gasteiger partial charge in [0.25, 0.3) is 11.8 Å². The third-order valence-corrected chi connectivity index (χ3v) is 5.84. The largest absolute Gasteiger partial charge is 0.379 e. The van der Waals surface area contributed by atoms with E-state index in [0.717, 1.165) is 30.6 Å². The zero-order valence-corrected chi connectivity index (χ0v) is 15.3. The Morgan fingerprint density at radius 1 is 0.926 bits per heavy atom. The Bertz CT molecular complexity index is 943. The van der Waals surface area contributed by atoms with Crippen LogP contribution in [0.4, 0.5) is 5.69 Å². The number of fused-ring (bicyclic) bond motifs is 1. The van der Waals surface area contributed by atoms with Gasteiger partial charge in [0.2, 0.25) is 10.9 Å². The number of amides is 2. The fourth-order valence-corrected chi connectivity index (χ4v) is 4.10. The number of carbonyl (C=O) groups excluding carboxylic acids is 2. The zero-order chi connectivity index (χ0) is 19.1. The predicted molar refractivity (Wildman–Crippen MR) is 102 cm³/mol. The molecule has 4 rings (SSSR count). The first-order valence-electron chi connectivity index (χ1n) is 9.51. The number of nitrogens with zero attached hydrogens (tertiary/aromatic N) is 1. The summed E-state index contributed by atoms with van der Waals surface area (Å²) in [4.78, 5) is 50.0. The van der Waals surface area contributed by atoms with E-state index in [-0.39, 0.29) is 30.8 Å².